The van der Waals surface area contributed by atoms with Crippen LogP contribution in [0.2, 0.25) is 5.15 Å². The van der Waals surface area contributed by atoms with Gasteiger partial charge in [0, 0.05) is 31.2 Å². The zero-order valence-electron chi connectivity index (χ0n) is 22.0. The topological polar surface area (TPSA) is 57.9 Å². The number of hydrogen-bond donors (Lipinski definition) is 0. The normalized spacial score (nSPS) is 16.8. The molecule has 3 rings (SSSR count). The maximum absolute atomic E-state index is 13.9. The summed E-state index contributed by atoms with van der Waals surface area (Å²) >= 11 is 6.38. The molecule has 2 aromatic heterocycles. The zero-order chi connectivity index (χ0) is 28.4. The average Bonchev–Trinajstić information content (AvgIpc) is 3.16. The second kappa shape index (κ2) is 11.8. The highest BCUT2D eigenvalue weighted by Gasteiger charge is 2.39. The number of fused-ring (bicyclic) bond motifs is 1. The molecule has 0 bridgehead atoms. The minimum Gasteiger partial charge on any atom is -0.336 e. The van der Waals surface area contributed by atoms with Crippen LogP contribution in [0.3, 0.4) is 0 Å². The molecule has 212 valence electrons. The van der Waals surface area contributed by atoms with E-state index in [0.29, 0.717) is 24.8 Å². The van der Waals surface area contributed by atoms with E-state index in [1.807, 2.05) is 6.92 Å². The summed E-state index contributed by atoms with van der Waals surface area (Å²) in [6.07, 6.45) is 0.233. The summed E-state index contributed by atoms with van der Waals surface area (Å²) in [4.78, 5) is 32.8. The Hall–Kier alpha value is -2.43. The fraction of sp³-hybridized carbons (Fsp3) is 0.654. The van der Waals surface area contributed by atoms with Crippen molar-refractivity contribution in [3.8, 4) is 0 Å². The van der Waals surface area contributed by atoms with Crippen LogP contribution >= 0.6 is 11.6 Å². The smallest absolute Gasteiger partial charge is 0.336 e. The minimum atomic E-state index is -4.71. The average molecular weight is 565 g/mol. The van der Waals surface area contributed by atoms with E-state index in [1.54, 1.807) is 6.92 Å². The van der Waals surface area contributed by atoms with Gasteiger partial charge in [-0.15, -0.1) is 0 Å². The van der Waals surface area contributed by atoms with Crippen molar-refractivity contribution < 1.29 is 31.5 Å². The largest absolute Gasteiger partial charge is 0.419 e. The number of piperazine rings is 1. The van der Waals surface area contributed by atoms with Crippen molar-refractivity contribution in [2.45, 2.75) is 84.4 Å². The summed E-state index contributed by atoms with van der Waals surface area (Å²) < 4.78 is 70.1. The van der Waals surface area contributed by atoms with Crippen molar-refractivity contribution in [2.75, 3.05) is 19.6 Å². The van der Waals surface area contributed by atoms with Gasteiger partial charge in [-0.2, -0.15) is 13.2 Å². The Balaban J connectivity index is 1.84. The number of hydrogen-bond acceptors (Lipinski definition) is 3. The first-order valence-electron chi connectivity index (χ1n) is 12.9. The second-order valence-corrected chi connectivity index (χ2v) is 10.5. The summed E-state index contributed by atoms with van der Waals surface area (Å²) in [5.74, 6) is -5.00. The van der Waals surface area contributed by atoms with Gasteiger partial charge in [0.25, 0.3) is 5.91 Å². The van der Waals surface area contributed by atoms with E-state index in [2.05, 4.69) is 4.98 Å². The predicted molar refractivity (Wildman–Crippen MR) is 135 cm³/mol. The summed E-state index contributed by atoms with van der Waals surface area (Å²) in [6.45, 7) is 5.93. The number of pyridine rings is 1. The van der Waals surface area contributed by atoms with Gasteiger partial charge in [0.15, 0.2) is 11.3 Å². The van der Waals surface area contributed by atoms with Crippen LogP contribution in [0.15, 0.2) is 12.3 Å². The Morgan fingerprint density at radius 1 is 1.16 bits per heavy atom. The molecule has 2 atom stereocenters. The molecule has 0 aromatic carbocycles. The predicted octanol–water partition coefficient (Wildman–Crippen LogP) is 6.48. The Labute approximate surface area is 224 Å². The molecule has 2 aromatic rings. The van der Waals surface area contributed by atoms with Gasteiger partial charge in [0.1, 0.15) is 11.7 Å². The van der Waals surface area contributed by atoms with Crippen molar-refractivity contribution >= 4 is 29.1 Å². The maximum Gasteiger partial charge on any atom is 0.419 e. The van der Waals surface area contributed by atoms with Crippen molar-refractivity contribution in [2.24, 2.45) is 5.92 Å². The van der Waals surface area contributed by atoms with Gasteiger partial charge in [-0.1, -0.05) is 45.2 Å². The molecule has 1 saturated heterocycles. The van der Waals surface area contributed by atoms with Crippen molar-refractivity contribution in [3.05, 3.63) is 34.2 Å². The Bertz CT molecular complexity index is 1160. The Kier molecular flexibility index (Phi) is 9.32. The summed E-state index contributed by atoms with van der Waals surface area (Å²) in [6, 6.07) is 0.621. The van der Waals surface area contributed by atoms with Crippen LogP contribution in [0.5, 0.6) is 0 Å². The molecule has 0 radical (unpaired) electrons. The van der Waals surface area contributed by atoms with Crippen LogP contribution in [0, 0.1) is 5.92 Å². The van der Waals surface area contributed by atoms with Gasteiger partial charge >= 0.3 is 6.18 Å². The molecular weight excluding hydrogens is 531 g/mol. The highest BCUT2D eigenvalue weighted by atomic mass is 35.5. The van der Waals surface area contributed by atoms with E-state index in [0.717, 1.165) is 30.2 Å². The van der Waals surface area contributed by atoms with Crippen LogP contribution < -0.4 is 0 Å². The summed E-state index contributed by atoms with van der Waals surface area (Å²) in [7, 11) is 0. The highest BCUT2D eigenvalue weighted by molar-refractivity contribution is 6.33. The highest BCUT2D eigenvalue weighted by Crippen LogP contribution is 2.35. The number of carbonyl (C=O) groups is 2. The van der Waals surface area contributed by atoms with Crippen LogP contribution in [-0.2, 0) is 17.4 Å². The first-order chi connectivity index (χ1) is 17.7. The van der Waals surface area contributed by atoms with E-state index >= 15 is 0 Å². The number of imidazole rings is 1. The van der Waals surface area contributed by atoms with Crippen molar-refractivity contribution in [3.63, 3.8) is 0 Å². The molecule has 38 heavy (non-hydrogen) atoms. The number of alkyl halides is 5. The van der Waals surface area contributed by atoms with Crippen molar-refractivity contribution in [1.29, 1.82) is 0 Å². The molecular formula is C26H34ClF5N4O2. The summed E-state index contributed by atoms with van der Waals surface area (Å²) in [5.41, 5.74) is -1.40. The third-order valence-electron chi connectivity index (χ3n) is 7.24. The lowest BCUT2D eigenvalue weighted by Crippen LogP contribution is -2.56. The monoisotopic (exact) mass is 564 g/mol. The fourth-order valence-corrected chi connectivity index (χ4v) is 5.01. The lowest BCUT2D eigenvalue weighted by atomic mass is 9.93. The van der Waals surface area contributed by atoms with E-state index in [9.17, 15) is 31.5 Å². The number of halogens is 6. The number of carbonyl (C=O) groups excluding carboxylic acids is 2. The van der Waals surface area contributed by atoms with E-state index < -0.39 is 47.1 Å². The van der Waals surface area contributed by atoms with Crippen molar-refractivity contribution in [1.82, 2.24) is 19.2 Å². The van der Waals surface area contributed by atoms with Gasteiger partial charge < -0.3 is 9.80 Å². The van der Waals surface area contributed by atoms with Gasteiger partial charge in [-0.05, 0) is 44.2 Å². The minimum absolute atomic E-state index is 0.0799. The van der Waals surface area contributed by atoms with Gasteiger partial charge in [0.2, 0.25) is 11.8 Å². The van der Waals surface area contributed by atoms with Gasteiger partial charge in [-0.25, -0.2) is 13.8 Å². The molecule has 1 aliphatic rings. The molecule has 2 amide bonds. The number of unbranched alkanes of at least 4 members (excludes halogenated alkanes) is 2. The number of nitrogens with zero attached hydrogens (tertiary/aromatic N) is 4. The third-order valence-corrected chi connectivity index (χ3v) is 7.60. The third kappa shape index (κ3) is 6.58. The molecule has 0 N–H and O–H groups in total. The zero-order valence-corrected chi connectivity index (χ0v) is 22.8. The number of aryl methyl sites for hydroxylation is 1. The lowest BCUT2D eigenvalue weighted by Gasteiger charge is -2.40. The molecule has 3 heterocycles. The number of aromatic nitrogens is 2. The molecule has 2 unspecified atom stereocenters. The Morgan fingerprint density at radius 3 is 2.39 bits per heavy atom. The van der Waals surface area contributed by atoms with Crippen LogP contribution in [0.1, 0.15) is 81.4 Å². The molecule has 1 fully saturated rings. The maximum atomic E-state index is 13.9. The fourth-order valence-electron chi connectivity index (χ4n) is 4.76. The molecule has 0 spiro atoms. The van der Waals surface area contributed by atoms with E-state index in [4.69, 9.17) is 11.6 Å². The SMILES string of the molecule is CCCCCc1cc(C(F)(F)F)c2nc(C(=O)N3CCN(C(CC)CC(C)C(C)(F)F)C(=O)C3)c(Cl)n2c1. The second-order valence-electron chi connectivity index (χ2n) is 10.1. The van der Waals surface area contributed by atoms with E-state index in [-0.39, 0.29) is 36.9 Å². The molecule has 0 aliphatic carbocycles. The molecule has 0 saturated carbocycles. The van der Waals surface area contributed by atoms with Crippen LogP contribution in [-0.4, -0.2) is 62.6 Å². The van der Waals surface area contributed by atoms with Crippen LogP contribution in [0.4, 0.5) is 22.0 Å². The molecule has 1 aliphatic heterocycles. The Morgan fingerprint density at radius 2 is 1.84 bits per heavy atom. The quantitative estimate of drug-likeness (QED) is 0.245. The first kappa shape index (κ1) is 30.1. The van der Waals surface area contributed by atoms with Gasteiger partial charge in [0.05, 0.1) is 5.56 Å². The number of rotatable bonds is 10. The first-order valence-corrected chi connectivity index (χ1v) is 13.3. The van der Waals surface area contributed by atoms with Gasteiger partial charge in [-0.3, -0.25) is 14.0 Å². The number of amides is 2. The lowest BCUT2D eigenvalue weighted by molar-refractivity contribution is -0.139. The standard InChI is InChI=1S/C26H34ClF5N4O2/c1-5-7-8-9-17-13-19(26(30,31)32)23-33-21(22(27)36(23)14-17)24(38)34-10-11-35(20(37)15-34)18(6-2)12-16(3)25(4,28)29/h13-14,16,18H,5-12,15H2,1-4H3. The molecule has 12 heteroatoms. The molecule has 6 nitrogen and oxygen atoms in total. The van der Waals surface area contributed by atoms with Crippen LogP contribution in [0.25, 0.3) is 5.65 Å². The summed E-state index contributed by atoms with van der Waals surface area (Å²) in [5, 5.41) is -0.256. The van der Waals surface area contributed by atoms with E-state index in [1.165, 1.54) is 22.9 Å².